The van der Waals surface area contributed by atoms with Gasteiger partial charge in [0.05, 0.1) is 24.4 Å². The highest BCUT2D eigenvalue weighted by atomic mass is 16.5. The fraction of sp³-hybridized carbons (Fsp3) is 1.00. The molecule has 0 heterocycles. The molecule has 0 radical (unpaired) electrons. The minimum atomic E-state index is -0.205. The predicted octanol–water partition coefficient (Wildman–Crippen LogP) is 2.51. The summed E-state index contributed by atoms with van der Waals surface area (Å²) in [6.45, 7) is 0. The second-order valence-corrected chi connectivity index (χ2v) is 5.25. The quantitative estimate of drug-likeness (QED) is 0.813. The van der Waals surface area contributed by atoms with Gasteiger partial charge < -0.3 is 19.7 Å². The van der Waals surface area contributed by atoms with Gasteiger partial charge in [0, 0.05) is 14.2 Å². The first-order chi connectivity index (χ1) is 8.69. The molecule has 2 rings (SSSR count). The van der Waals surface area contributed by atoms with Crippen molar-refractivity contribution in [2.24, 2.45) is 0 Å². The average Bonchev–Trinajstić information content (AvgIpc) is 2.41. The van der Waals surface area contributed by atoms with Gasteiger partial charge in [0.2, 0.25) is 0 Å². The largest absolute Gasteiger partial charge is 0.390 e. The van der Waals surface area contributed by atoms with Crippen LogP contribution in [-0.2, 0) is 9.47 Å². The lowest BCUT2D eigenvalue weighted by atomic mass is 9.95. The lowest BCUT2D eigenvalue weighted by molar-refractivity contribution is -0.0359. The van der Waals surface area contributed by atoms with Gasteiger partial charge in [0.1, 0.15) is 0 Å². The zero-order valence-electron chi connectivity index (χ0n) is 11.7. The molecule has 2 aliphatic rings. The Morgan fingerprint density at radius 2 is 1.00 bits per heavy atom. The fourth-order valence-corrected chi connectivity index (χ4v) is 2.70. The van der Waals surface area contributed by atoms with E-state index < -0.39 is 0 Å². The summed E-state index contributed by atoms with van der Waals surface area (Å²) in [5.41, 5.74) is 0. The van der Waals surface area contributed by atoms with Gasteiger partial charge in [0.25, 0.3) is 0 Å². The van der Waals surface area contributed by atoms with Gasteiger partial charge in [-0.1, -0.05) is 33.1 Å². The van der Waals surface area contributed by atoms with Crippen molar-refractivity contribution in [2.75, 3.05) is 14.2 Å². The summed E-state index contributed by atoms with van der Waals surface area (Å²) in [5, 5.41) is 18.5. The van der Waals surface area contributed by atoms with E-state index >= 15 is 0 Å². The molecule has 2 fully saturated rings. The van der Waals surface area contributed by atoms with Gasteiger partial charge in [-0.05, 0) is 25.7 Å². The van der Waals surface area contributed by atoms with Crippen molar-refractivity contribution >= 4 is 0 Å². The highest BCUT2D eigenvalue weighted by Gasteiger charge is 2.22. The summed E-state index contributed by atoms with van der Waals surface area (Å²) < 4.78 is 10.1. The molecule has 0 aliphatic heterocycles. The molecule has 0 unspecified atom stereocenters. The van der Waals surface area contributed by atoms with Crippen LogP contribution >= 0.6 is 0 Å². The van der Waals surface area contributed by atoms with Crippen LogP contribution in [0.15, 0.2) is 0 Å². The van der Waals surface area contributed by atoms with Crippen LogP contribution in [0.2, 0.25) is 0 Å². The maximum atomic E-state index is 9.24. The highest BCUT2D eigenvalue weighted by Crippen LogP contribution is 2.20. The number of methoxy groups -OCH3 is 2. The Morgan fingerprint density at radius 1 is 0.684 bits per heavy atom. The van der Waals surface area contributed by atoms with Crippen molar-refractivity contribution in [3.05, 3.63) is 0 Å². The van der Waals surface area contributed by atoms with Crippen molar-refractivity contribution in [3.63, 3.8) is 0 Å². The molecular weight excluding hydrogens is 244 g/mol. The van der Waals surface area contributed by atoms with Gasteiger partial charge in [-0.3, -0.25) is 0 Å². The molecular formula is C15H32O4. The third-order valence-electron chi connectivity index (χ3n) is 3.94. The molecule has 2 aliphatic carbocycles. The van der Waals surface area contributed by atoms with E-state index in [4.69, 9.17) is 9.47 Å². The first-order valence-corrected chi connectivity index (χ1v) is 7.10. The van der Waals surface area contributed by atoms with E-state index in [-0.39, 0.29) is 31.8 Å². The predicted molar refractivity (Wildman–Crippen MR) is 77.3 cm³/mol. The monoisotopic (exact) mass is 276 g/mol. The van der Waals surface area contributed by atoms with Crippen molar-refractivity contribution in [1.29, 1.82) is 0 Å². The van der Waals surface area contributed by atoms with E-state index in [2.05, 4.69) is 0 Å². The lowest BCUT2D eigenvalue weighted by Crippen LogP contribution is -2.30. The molecule has 2 N–H and O–H groups in total. The normalized spacial score (nSPS) is 34.7. The van der Waals surface area contributed by atoms with Crippen LogP contribution in [0.4, 0.5) is 0 Å². The zero-order valence-corrected chi connectivity index (χ0v) is 11.7. The van der Waals surface area contributed by atoms with Crippen molar-refractivity contribution in [2.45, 2.75) is 83.2 Å². The van der Waals surface area contributed by atoms with Gasteiger partial charge in [0.15, 0.2) is 0 Å². The first kappa shape index (κ1) is 18.8. The molecule has 0 aromatic rings. The van der Waals surface area contributed by atoms with Crippen LogP contribution in [0.5, 0.6) is 0 Å². The number of aliphatic hydroxyl groups is 2. The van der Waals surface area contributed by atoms with Crippen molar-refractivity contribution < 1.29 is 19.7 Å². The number of hydrogen-bond acceptors (Lipinski definition) is 4. The topological polar surface area (TPSA) is 58.9 Å². The second-order valence-electron chi connectivity index (χ2n) is 5.25. The Hall–Kier alpha value is -0.160. The van der Waals surface area contributed by atoms with Crippen LogP contribution < -0.4 is 0 Å². The molecule has 0 aromatic heterocycles. The third kappa shape index (κ3) is 6.70. The molecule has 4 heteroatoms. The van der Waals surface area contributed by atoms with E-state index in [9.17, 15) is 10.2 Å². The number of aliphatic hydroxyl groups excluding tert-OH is 2. The minimum absolute atomic E-state index is 0. The Morgan fingerprint density at radius 3 is 1.21 bits per heavy atom. The van der Waals surface area contributed by atoms with Gasteiger partial charge >= 0.3 is 0 Å². The molecule has 0 amide bonds. The van der Waals surface area contributed by atoms with Gasteiger partial charge in [-0.2, -0.15) is 0 Å². The number of ether oxygens (including phenoxy) is 2. The Bertz CT molecular complexity index is 188. The molecule has 2 saturated carbocycles. The van der Waals surface area contributed by atoms with E-state index in [0.29, 0.717) is 0 Å². The Labute approximate surface area is 118 Å². The smallest absolute Gasteiger partial charge is 0.0830 e. The molecule has 116 valence electrons. The Balaban J connectivity index is 0.000000324. The summed E-state index contributed by atoms with van der Waals surface area (Å²) in [4.78, 5) is 0. The van der Waals surface area contributed by atoms with E-state index in [1.54, 1.807) is 14.2 Å². The summed E-state index contributed by atoms with van der Waals surface area (Å²) in [5.74, 6) is 0. The number of rotatable bonds is 2. The van der Waals surface area contributed by atoms with Crippen LogP contribution in [0.3, 0.4) is 0 Å². The van der Waals surface area contributed by atoms with E-state index in [1.165, 1.54) is 12.8 Å². The van der Waals surface area contributed by atoms with Gasteiger partial charge in [-0.15, -0.1) is 0 Å². The lowest BCUT2D eigenvalue weighted by Gasteiger charge is -2.25. The van der Waals surface area contributed by atoms with E-state index in [0.717, 1.165) is 38.5 Å². The van der Waals surface area contributed by atoms with E-state index in [1.807, 2.05) is 0 Å². The van der Waals surface area contributed by atoms with Gasteiger partial charge in [-0.25, -0.2) is 0 Å². The fourth-order valence-electron chi connectivity index (χ4n) is 2.70. The maximum Gasteiger partial charge on any atom is 0.0830 e. The summed E-state index contributed by atoms with van der Waals surface area (Å²) >= 11 is 0. The van der Waals surface area contributed by atoms with Crippen LogP contribution in [0, 0.1) is 0 Å². The molecule has 4 atom stereocenters. The summed E-state index contributed by atoms with van der Waals surface area (Å²) in [7, 11) is 3.33. The molecule has 0 aromatic carbocycles. The number of hydrogen-bond donors (Lipinski definition) is 2. The standard InChI is InChI=1S/2C7H14O2.CH4/c2*1-9-7-5-3-2-4-6(7)8;/h2*6-8H,2-5H2,1H3;1H4/t2*6-,7+;/m10./s1. The first-order valence-electron chi connectivity index (χ1n) is 7.10. The Kier molecular flexibility index (Phi) is 10.5. The summed E-state index contributed by atoms with van der Waals surface area (Å²) in [6.07, 6.45) is 8.41. The molecule has 0 bridgehead atoms. The summed E-state index contributed by atoms with van der Waals surface area (Å²) in [6, 6.07) is 0. The zero-order chi connectivity index (χ0) is 13.4. The second kappa shape index (κ2) is 10.6. The van der Waals surface area contributed by atoms with Crippen molar-refractivity contribution in [3.8, 4) is 0 Å². The van der Waals surface area contributed by atoms with Crippen LogP contribution in [-0.4, -0.2) is 48.8 Å². The van der Waals surface area contributed by atoms with Crippen LogP contribution in [0.1, 0.15) is 58.8 Å². The van der Waals surface area contributed by atoms with Crippen LogP contribution in [0.25, 0.3) is 0 Å². The SMILES string of the molecule is C.CO[C@@H]1CCCC[C@@H]1O.CO[C@H]1CCCC[C@H]1O. The maximum absolute atomic E-state index is 9.24. The molecule has 0 spiro atoms. The third-order valence-corrected chi connectivity index (χ3v) is 3.94. The molecule has 4 nitrogen and oxygen atoms in total. The highest BCUT2D eigenvalue weighted by molar-refractivity contribution is 4.74. The molecule has 19 heavy (non-hydrogen) atoms. The average molecular weight is 276 g/mol. The minimum Gasteiger partial charge on any atom is -0.390 e. The molecule has 0 saturated heterocycles. The van der Waals surface area contributed by atoms with Crippen molar-refractivity contribution in [1.82, 2.24) is 0 Å².